The topological polar surface area (TPSA) is 124 Å². The average Bonchev–Trinajstić information content (AvgIpc) is 2.92. The van der Waals surface area contributed by atoms with Crippen LogP contribution in [0.1, 0.15) is 155 Å². The van der Waals surface area contributed by atoms with Crippen molar-refractivity contribution in [3.05, 3.63) is 24.3 Å². The van der Waals surface area contributed by atoms with Crippen molar-refractivity contribution in [1.29, 1.82) is 0 Å². The van der Waals surface area contributed by atoms with Crippen LogP contribution in [-0.4, -0.2) is 53.1 Å². The minimum absolute atomic E-state index is 0.273. The maximum Gasteiger partial charge on any atom is 0.267 e. The Kier molecular flexibility index (Phi) is 26.8. The second-order valence-electron chi connectivity index (χ2n) is 11.6. The van der Waals surface area contributed by atoms with E-state index in [9.17, 15) is 28.0 Å². The number of aliphatic hydroxyl groups is 2. The lowest BCUT2D eigenvalue weighted by Gasteiger charge is -2.22. The van der Waals surface area contributed by atoms with Gasteiger partial charge in [0.15, 0.2) is 0 Å². The lowest BCUT2D eigenvalue weighted by molar-refractivity contribution is -0.130. The molecule has 0 aliphatic heterocycles. The number of rotatable bonds is 29. The molecule has 0 aliphatic carbocycles. The van der Waals surface area contributed by atoms with Gasteiger partial charge in [-0.3, -0.25) is 9.35 Å². The maximum absolute atomic E-state index is 12.4. The molecule has 1 amide bonds. The van der Waals surface area contributed by atoms with Crippen molar-refractivity contribution < 1.29 is 28.0 Å². The second-order valence-corrected chi connectivity index (χ2v) is 13.1. The molecule has 7 nitrogen and oxygen atoms in total. The summed E-state index contributed by atoms with van der Waals surface area (Å²) in [6, 6.07) is -1.23. The minimum Gasteiger partial charge on any atom is -0.387 e. The number of hydrogen-bond acceptors (Lipinski definition) is 5. The summed E-state index contributed by atoms with van der Waals surface area (Å²) in [6.07, 6.45) is 30.1. The third-order valence-corrected chi connectivity index (χ3v) is 8.26. The van der Waals surface area contributed by atoms with Crippen molar-refractivity contribution in [1.82, 2.24) is 5.32 Å². The standard InChI is InChI=1S/C33H63NO6S/c1-3-5-7-9-10-11-12-13-14-15-16-17-18-19-20-21-22-24-26-28-32(36)33(37)34-30(29-41(38,39)40)31(35)27-25-23-8-6-4-2/h16-17,25,27,30-32,35-36H,3-15,18-24,26,28-29H2,1-2H3,(H,34,37)(H,38,39,40)/b17-16-,27-25+. The van der Waals surface area contributed by atoms with Gasteiger partial charge < -0.3 is 15.5 Å². The normalized spacial score (nSPS) is 14.6. The number of nitrogens with one attached hydrogen (secondary N) is 1. The van der Waals surface area contributed by atoms with Crippen LogP contribution in [0.4, 0.5) is 0 Å². The molecular formula is C33H63NO6S. The van der Waals surface area contributed by atoms with Gasteiger partial charge in [0.1, 0.15) is 6.10 Å². The largest absolute Gasteiger partial charge is 0.387 e. The minimum atomic E-state index is -4.42. The van der Waals surface area contributed by atoms with Crippen molar-refractivity contribution in [2.45, 2.75) is 173 Å². The predicted octanol–water partition coefficient (Wildman–Crippen LogP) is 7.82. The Balaban J connectivity index is 3.94. The predicted molar refractivity (Wildman–Crippen MR) is 172 cm³/mol. The zero-order valence-corrected chi connectivity index (χ0v) is 27.1. The van der Waals surface area contributed by atoms with Crippen LogP contribution >= 0.6 is 0 Å². The molecule has 0 rings (SSSR count). The Morgan fingerprint density at radius 3 is 1.59 bits per heavy atom. The summed E-state index contributed by atoms with van der Waals surface area (Å²) in [5.74, 6) is -1.55. The van der Waals surface area contributed by atoms with Crippen molar-refractivity contribution in [3.63, 3.8) is 0 Å². The molecule has 0 radical (unpaired) electrons. The summed E-state index contributed by atoms with van der Waals surface area (Å²) in [4.78, 5) is 12.4. The van der Waals surface area contributed by atoms with E-state index in [2.05, 4.69) is 31.3 Å². The smallest absolute Gasteiger partial charge is 0.267 e. The first-order valence-corrected chi connectivity index (χ1v) is 18.3. The SMILES string of the molecule is CCCCC/C=C/C(O)C(CS(=O)(=O)O)NC(=O)C(O)CCCCCCCC/C=C\CCCCCCCCCCC. The third kappa shape index (κ3) is 27.4. The van der Waals surface area contributed by atoms with E-state index in [4.69, 9.17) is 0 Å². The zero-order chi connectivity index (χ0) is 30.6. The molecule has 0 aromatic carbocycles. The quantitative estimate of drug-likeness (QED) is 0.0394. The lowest BCUT2D eigenvalue weighted by Crippen LogP contribution is -2.50. The molecule has 0 aliphatic rings. The molecule has 0 saturated carbocycles. The molecule has 0 heterocycles. The van der Waals surface area contributed by atoms with Gasteiger partial charge in [0.25, 0.3) is 10.1 Å². The van der Waals surface area contributed by atoms with Gasteiger partial charge >= 0.3 is 0 Å². The van der Waals surface area contributed by atoms with Crippen LogP contribution < -0.4 is 5.32 Å². The van der Waals surface area contributed by atoms with E-state index < -0.39 is 40.0 Å². The van der Waals surface area contributed by atoms with Crippen molar-refractivity contribution in [3.8, 4) is 0 Å². The van der Waals surface area contributed by atoms with E-state index in [1.807, 2.05) is 0 Å². The molecule has 3 atom stereocenters. The number of carbonyl (C=O) groups is 1. The van der Waals surface area contributed by atoms with Gasteiger partial charge in [0.2, 0.25) is 5.91 Å². The summed E-state index contributed by atoms with van der Waals surface area (Å²) in [7, 11) is -4.42. The maximum atomic E-state index is 12.4. The van der Waals surface area contributed by atoms with Crippen molar-refractivity contribution >= 4 is 16.0 Å². The lowest BCUT2D eigenvalue weighted by atomic mass is 10.0. The molecule has 3 unspecified atom stereocenters. The Morgan fingerprint density at radius 1 is 0.659 bits per heavy atom. The van der Waals surface area contributed by atoms with Gasteiger partial charge in [-0.05, 0) is 44.9 Å². The number of allylic oxidation sites excluding steroid dienone is 3. The van der Waals surface area contributed by atoms with Crippen LogP contribution in [0.15, 0.2) is 24.3 Å². The van der Waals surface area contributed by atoms with E-state index >= 15 is 0 Å². The van der Waals surface area contributed by atoms with Crippen molar-refractivity contribution in [2.24, 2.45) is 0 Å². The second kappa shape index (κ2) is 27.6. The van der Waals surface area contributed by atoms with Crippen LogP contribution in [0, 0.1) is 0 Å². The molecule has 8 heteroatoms. The Morgan fingerprint density at radius 2 is 1.07 bits per heavy atom. The number of amides is 1. The molecule has 0 aromatic rings. The fourth-order valence-corrected chi connectivity index (χ4v) is 5.59. The van der Waals surface area contributed by atoms with Gasteiger partial charge in [-0.25, -0.2) is 0 Å². The fourth-order valence-electron chi connectivity index (χ4n) is 4.86. The van der Waals surface area contributed by atoms with E-state index in [-0.39, 0.29) is 6.42 Å². The highest BCUT2D eigenvalue weighted by Crippen LogP contribution is 2.13. The Bertz CT molecular complexity index is 768. The first-order chi connectivity index (χ1) is 19.7. The molecule has 0 bridgehead atoms. The van der Waals surface area contributed by atoms with Crippen LogP contribution in [0.2, 0.25) is 0 Å². The average molecular weight is 602 g/mol. The first-order valence-electron chi connectivity index (χ1n) is 16.6. The summed E-state index contributed by atoms with van der Waals surface area (Å²) < 4.78 is 32.0. The van der Waals surface area contributed by atoms with E-state index in [1.165, 1.54) is 83.1 Å². The van der Waals surface area contributed by atoms with Crippen LogP contribution in [0.3, 0.4) is 0 Å². The number of hydrogen-bond donors (Lipinski definition) is 4. The highest BCUT2D eigenvalue weighted by Gasteiger charge is 2.27. The first kappa shape index (κ1) is 39.8. The number of aliphatic hydroxyl groups excluding tert-OH is 2. The van der Waals surface area contributed by atoms with Gasteiger partial charge in [-0.15, -0.1) is 0 Å². The number of carbonyl (C=O) groups excluding carboxylic acids is 1. The molecule has 242 valence electrons. The molecule has 0 fully saturated rings. The fraction of sp³-hybridized carbons (Fsp3) is 0.848. The van der Waals surface area contributed by atoms with Crippen LogP contribution in [0.5, 0.6) is 0 Å². The van der Waals surface area contributed by atoms with Gasteiger partial charge in [-0.2, -0.15) is 8.42 Å². The van der Waals surface area contributed by atoms with Gasteiger partial charge in [0, 0.05) is 0 Å². The molecule has 0 saturated heterocycles. The Hall–Kier alpha value is -1.22. The molecule has 41 heavy (non-hydrogen) atoms. The zero-order valence-electron chi connectivity index (χ0n) is 26.3. The molecular weight excluding hydrogens is 538 g/mol. The summed E-state index contributed by atoms with van der Waals surface area (Å²) in [5.41, 5.74) is 0. The summed E-state index contributed by atoms with van der Waals surface area (Å²) >= 11 is 0. The van der Waals surface area contributed by atoms with E-state index in [0.29, 0.717) is 6.42 Å². The Labute approximate surface area is 252 Å². The monoisotopic (exact) mass is 601 g/mol. The van der Waals surface area contributed by atoms with Gasteiger partial charge in [0.05, 0.1) is 17.9 Å². The summed E-state index contributed by atoms with van der Waals surface area (Å²) in [6.45, 7) is 4.34. The van der Waals surface area contributed by atoms with Gasteiger partial charge in [-0.1, -0.05) is 134 Å². The highest BCUT2D eigenvalue weighted by atomic mass is 32.2. The third-order valence-electron chi connectivity index (χ3n) is 7.48. The van der Waals surface area contributed by atoms with Crippen molar-refractivity contribution in [2.75, 3.05) is 5.75 Å². The van der Waals surface area contributed by atoms with Crippen LogP contribution in [0.25, 0.3) is 0 Å². The molecule has 0 aromatic heterocycles. The molecule has 0 spiro atoms. The number of unbranched alkanes of at least 4 members (excludes halogenated alkanes) is 18. The van der Waals surface area contributed by atoms with Crippen LogP contribution in [-0.2, 0) is 14.9 Å². The van der Waals surface area contributed by atoms with E-state index in [1.54, 1.807) is 6.08 Å². The molecule has 4 N–H and O–H groups in total. The highest BCUT2D eigenvalue weighted by molar-refractivity contribution is 7.85. The van der Waals surface area contributed by atoms with E-state index in [0.717, 1.165) is 51.4 Å². The summed E-state index contributed by atoms with van der Waals surface area (Å²) in [5, 5.41) is 23.0.